The monoisotopic (exact) mass is 273 g/mol. The molecule has 3 heteroatoms. The second-order valence-corrected chi connectivity index (χ2v) is 4.55. The first-order valence-corrected chi connectivity index (χ1v) is 6.93. The number of hydrogen-bond donors (Lipinski definition) is 1. The lowest BCUT2D eigenvalue weighted by Crippen LogP contribution is -2.26. The minimum Gasteiger partial charge on any atom is -0.380 e. The summed E-state index contributed by atoms with van der Waals surface area (Å²) in [4.78, 5) is 0. The number of hydrogen-bond acceptors (Lipinski definition) is 2. The van der Waals surface area contributed by atoms with Crippen LogP contribution in [0, 0.1) is 5.82 Å². The van der Waals surface area contributed by atoms with E-state index < -0.39 is 0 Å². The molecule has 1 unspecified atom stereocenters. The predicted octanol–water partition coefficient (Wildman–Crippen LogP) is 3.54. The van der Waals surface area contributed by atoms with Crippen molar-refractivity contribution in [3.63, 3.8) is 0 Å². The third kappa shape index (κ3) is 4.15. The second kappa shape index (κ2) is 7.78. The van der Waals surface area contributed by atoms with Gasteiger partial charge >= 0.3 is 0 Å². The van der Waals surface area contributed by atoms with Crippen molar-refractivity contribution in [3.05, 3.63) is 71.5 Å². The summed E-state index contributed by atoms with van der Waals surface area (Å²) in [6.07, 6.45) is 0. The van der Waals surface area contributed by atoms with Crippen molar-refractivity contribution in [2.75, 3.05) is 19.8 Å². The fourth-order valence-electron chi connectivity index (χ4n) is 2.15. The number of ether oxygens (including phenoxy) is 1. The standard InChI is InChI=1S/C17H20FNO/c1-2-20-13-12-19-17(14-6-4-3-5-7-14)15-8-10-16(18)11-9-15/h3-11,17,19H,2,12-13H2,1H3. The van der Waals surface area contributed by atoms with E-state index in [4.69, 9.17) is 4.74 Å². The van der Waals surface area contributed by atoms with Crippen LogP contribution in [0.4, 0.5) is 4.39 Å². The van der Waals surface area contributed by atoms with Crippen LogP contribution in [0.3, 0.4) is 0 Å². The number of nitrogens with one attached hydrogen (secondary N) is 1. The summed E-state index contributed by atoms with van der Waals surface area (Å²) in [6, 6.07) is 16.8. The average molecular weight is 273 g/mol. The van der Waals surface area contributed by atoms with E-state index in [0.717, 1.165) is 17.7 Å². The van der Waals surface area contributed by atoms with Gasteiger partial charge in [0.2, 0.25) is 0 Å². The highest BCUT2D eigenvalue weighted by Crippen LogP contribution is 2.21. The minimum atomic E-state index is -0.213. The van der Waals surface area contributed by atoms with Gasteiger partial charge in [0.1, 0.15) is 5.82 Å². The van der Waals surface area contributed by atoms with Gasteiger partial charge in [-0.15, -0.1) is 0 Å². The number of halogens is 1. The highest BCUT2D eigenvalue weighted by Gasteiger charge is 2.12. The molecule has 0 heterocycles. The molecule has 0 aliphatic carbocycles. The molecule has 20 heavy (non-hydrogen) atoms. The van der Waals surface area contributed by atoms with Crippen LogP contribution in [0.25, 0.3) is 0 Å². The minimum absolute atomic E-state index is 0.0530. The zero-order valence-corrected chi connectivity index (χ0v) is 11.7. The van der Waals surface area contributed by atoms with Gasteiger partial charge in [0.25, 0.3) is 0 Å². The first-order chi connectivity index (χ1) is 9.81. The lowest BCUT2D eigenvalue weighted by atomic mass is 9.99. The molecule has 2 rings (SSSR count). The lowest BCUT2D eigenvalue weighted by molar-refractivity contribution is 0.148. The molecule has 0 fully saturated rings. The van der Waals surface area contributed by atoms with Gasteiger partial charge in [-0.25, -0.2) is 4.39 Å². The molecule has 1 N–H and O–H groups in total. The van der Waals surface area contributed by atoms with Crippen molar-refractivity contribution in [1.29, 1.82) is 0 Å². The molecular weight excluding hydrogens is 253 g/mol. The van der Waals surface area contributed by atoms with Gasteiger partial charge in [0, 0.05) is 13.2 Å². The van der Waals surface area contributed by atoms with Crippen LogP contribution >= 0.6 is 0 Å². The molecule has 0 amide bonds. The van der Waals surface area contributed by atoms with E-state index in [2.05, 4.69) is 17.4 Å². The average Bonchev–Trinajstić information content (AvgIpc) is 2.50. The zero-order valence-electron chi connectivity index (χ0n) is 11.7. The predicted molar refractivity (Wildman–Crippen MR) is 79.2 cm³/mol. The summed E-state index contributed by atoms with van der Waals surface area (Å²) < 4.78 is 18.4. The molecule has 0 spiro atoms. The summed E-state index contributed by atoms with van der Waals surface area (Å²) in [5.41, 5.74) is 2.21. The van der Waals surface area contributed by atoms with Crippen LogP contribution in [0.2, 0.25) is 0 Å². The van der Waals surface area contributed by atoms with E-state index in [1.54, 1.807) is 0 Å². The van der Waals surface area contributed by atoms with Crippen molar-refractivity contribution in [1.82, 2.24) is 5.32 Å². The van der Waals surface area contributed by atoms with E-state index in [0.29, 0.717) is 13.2 Å². The Labute approximate surface area is 119 Å². The van der Waals surface area contributed by atoms with Gasteiger partial charge in [0.15, 0.2) is 0 Å². The Morgan fingerprint density at radius 2 is 1.65 bits per heavy atom. The molecule has 2 nitrogen and oxygen atoms in total. The van der Waals surface area contributed by atoms with Crippen LogP contribution in [-0.2, 0) is 4.74 Å². The van der Waals surface area contributed by atoms with Gasteiger partial charge < -0.3 is 10.1 Å². The van der Waals surface area contributed by atoms with Gasteiger partial charge in [-0.3, -0.25) is 0 Å². The Balaban J connectivity index is 2.13. The normalized spacial score (nSPS) is 12.3. The van der Waals surface area contributed by atoms with Crippen LogP contribution in [0.1, 0.15) is 24.1 Å². The van der Waals surface area contributed by atoms with Crippen molar-refractivity contribution < 1.29 is 9.13 Å². The van der Waals surface area contributed by atoms with Crippen molar-refractivity contribution in [2.45, 2.75) is 13.0 Å². The molecule has 0 radical (unpaired) electrons. The summed E-state index contributed by atoms with van der Waals surface area (Å²) in [5.74, 6) is -0.213. The fourth-order valence-corrected chi connectivity index (χ4v) is 2.15. The van der Waals surface area contributed by atoms with E-state index >= 15 is 0 Å². The van der Waals surface area contributed by atoms with E-state index in [-0.39, 0.29) is 11.9 Å². The quantitative estimate of drug-likeness (QED) is 0.779. The smallest absolute Gasteiger partial charge is 0.123 e. The van der Waals surface area contributed by atoms with Crippen LogP contribution in [0.15, 0.2) is 54.6 Å². The van der Waals surface area contributed by atoms with Crippen LogP contribution in [-0.4, -0.2) is 19.8 Å². The summed E-state index contributed by atoms with van der Waals surface area (Å²) in [5, 5.41) is 3.46. The Kier molecular flexibility index (Phi) is 5.71. The second-order valence-electron chi connectivity index (χ2n) is 4.55. The summed E-state index contributed by atoms with van der Waals surface area (Å²) in [6.45, 7) is 4.12. The topological polar surface area (TPSA) is 21.3 Å². The van der Waals surface area contributed by atoms with E-state index in [1.165, 1.54) is 12.1 Å². The Morgan fingerprint density at radius 1 is 1.00 bits per heavy atom. The number of benzene rings is 2. The van der Waals surface area contributed by atoms with Crippen molar-refractivity contribution in [3.8, 4) is 0 Å². The fraction of sp³-hybridized carbons (Fsp3) is 0.294. The van der Waals surface area contributed by atoms with Gasteiger partial charge in [-0.2, -0.15) is 0 Å². The third-order valence-electron chi connectivity index (χ3n) is 3.14. The van der Waals surface area contributed by atoms with Crippen LogP contribution in [0.5, 0.6) is 0 Å². The molecule has 106 valence electrons. The molecule has 0 aromatic heterocycles. The Morgan fingerprint density at radius 3 is 2.30 bits per heavy atom. The van der Waals surface area contributed by atoms with Gasteiger partial charge in [0.05, 0.1) is 12.6 Å². The van der Waals surface area contributed by atoms with Crippen molar-refractivity contribution in [2.24, 2.45) is 0 Å². The third-order valence-corrected chi connectivity index (χ3v) is 3.14. The molecular formula is C17H20FNO. The Bertz CT molecular complexity index is 498. The molecule has 1 atom stereocenters. The van der Waals surface area contributed by atoms with E-state index in [1.807, 2.05) is 37.3 Å². The molecule has 0 bridgehead atoms. The zero-order chi connectivity index (χ0) is 14.2. The molecule has 0 aliphatic heterocycles. The van der Waals surface area contributed by atoms with E-state index in [9.17, 15) is 4.39 Å². The van der Waals surface area contributed by atoms with Gasteiger partial charge in [-0.1, -0.05) is 42.5 Å². The molecule has 2 aromatic carbocycles. The maximum absolute atomic E-state index is 13.1. The maximum Gasteiger partial charge on any atom is 0.123 e. The number of rotatable bonds is 7. The lowest BCUT2D eigenvalue weighted by Gasteiger charge is -2.20. The highest BCUT2D eigenvalue weighted by atomic mass is 19.1. The van der Waals surface area contributed by atoms with Gasteiger partial charge in [-0.05, 0) is 30.2 Å². The first kappa shape index (κ1) is 14.7. The SMILES string of the molecule is CCOCCNC(c1ccccc1)c1ccc(F)cc1. The Hall–Kier alpha value is -1.71. The van der Waals surface area contributed by atoms with Crippen LogP contribution < -0.4 is 5.32 Å². The summed E-state index contributed by atoms with van der Waals surface area (Å²) >= 11 is 0. The molecule has 2 aromatic rings. The van der Waals surface area contributed by atoms with Crippen molar-refractivity contribution >= 4 is 0 Å². The molecule has 0 aliphatic rings. The maximum atomic E-state index is 13.1. The molecule has 0 saturated carbocycles. The largest absolute Gasteiger partial charge is 0.380 e. The summed E-state index contributed by atoms with van der Waals surface area (Å²) in [7, 11) is 0. The highest BCUT2D eigenvalue weighted by molar-refractivity contribution is 5.31. The first-order valence-electron chi connectivity index (χ1n) is 6.93. The molecule has 0 saturated heterocycles.